The first-order valence-electron chi connectivity index (χ1n) is 7.75. The Morgan fingerprint density at radius 2 is 2.04 bits per heavy atom. The molecule has 0 amide bonds. The number of nitrogens with one attached hydrogen (secondary N) is 1. The lowest BCUT2D eigenvalue weighted by atomic mass is 10.2. The number of halogens is 2. The Hall–Kier alpha value is -1.81. The van der Waals surface area contributed by atoms with E-state index in [4.69, 9.17) is 4.74 Å². The van der Waals surface area contributed by atoms with Crippen molar-refractivity contribution >= 4 is 45.3 Å². The number of imidazole rings is 1. The quantitative estimate of drug-likeness (QED) is 0.494. The molecule has 3 heterocycles. The third kappa shape index (κ3) is 2.95. The number of benzene rings is 1. The van der Waals surface area contributed by atoms with Crippen LogP contribution < -0.4 is 5.32 Å². The van der Waals surface area contributed by atoms with Gasteiger partial charge in [0, 0.05) is 34.9 Å². The van der Waals surface area contributed by atoms with Crippen molar-refractivity contribution in [2.24, 2.45) is 0 Å². The molecule has 1 aliphatic heterocycles. The van der Waals surface area contributed by atoms with Gasteiger partial charge in [-0.25, -0.2) is 19.3 Å². The Morgan fingerprint density at radius 3 is 2.79 bits per heavy atom. The molecule has 2 aromatic heterocycles. The van der Waals surface area contributed by atoms with Crippen LogP contribution in [0.25, 0.3) is 11.2 Å². The van der Waals surface area contributed by atoms with E-state index in [9.17, 15) is 4.39 Å². The number of rotatable bonds is 3. The van der Waals surface area contributed by atoms with Crippen LogP contribution in [-0.4, -0.2) is 26.1 Å². The summed E-state index contributed by atoms with van der Waals surface area (Å²) in [5.74, 6) is 0.320. The van der Waals surface area contributed by atoms with E-state index < -0.39 is 0 Å². The summed E-state index contributed by atoms with van der Waals surface area (Å²) >= 11 is 2.19. The average molecular weight is 439 g/mol. The largest absolute Gasteiger partial charge is 0.358 e. The number of nitrogens with zero attached hydrogens (tertiary/aromatic N) is 4. The first-order chi connectivity index (χ1) is 11.7. The van der Waals surface area contributed by atoms with Gasteiger partial charge < -0.3 is 10.1 Å². The molecule has 1 aliphatic rings. The van der Waals surface area contributed by atoms with Crippen LogP contribution in [-0.2, 0) is 4.74 Å². The van der Waals surface area contributed by atoms with Gasteiger partial charge in [0.25, 0.3) is 0 Å². The van der Waals surface area contributed by atoms with E-state index >= 15 is 0 Å². The molecular formula is C16H15FIN5O. The number of aromatic nitrogens is 4. The fourth-order valence-electron chi connectivity index (χ4n) is 2.83. The van der Waals surface area contributed by atoms with Gasteiger partial charge in [-0.05, 0) is 43.5 Å². The van der Waals surface area contributed by atoms with E-state index in [1.54, 1.807) is 12.1 Å². The predicted octanol–water partition coefficient (Wildman–Crippen LogP) is 4.01. The molecule has 0 radical (unpaired) electrons. The summed E-state index contributed by atoms with van der Waals surface area (Å²) in [7, 11) is 0. The highest BCUT2D eigenvalue weighted by atomic mass is 127. The minimum atomic E-state index is -0.276. The summed E-state index contributed by atoms with van der Waals surface area (Å²) < 4.78 is 21.8. The van der Waals surface area contributed by atoms with Crippen LogP contribution in [0.1, 0.15) is 25.5 Å². The van der Waals surface area contributed by atoms with E-state index in [1.165, 1.54) is 18.5 Å². The maximum Gasteiger partial charge on any atom is 0.175 e. The monoisotopic (exact) mass is 439 g/mol. The van der Waals surface area contributed by atoms with Crippen molar-refractivity contribution in [3.05, 3.63) is 40.2 Å². The van der Waals surface area contributed by atoms with Gasteiger partial charge in [0.2, 0.25) is 0 Å². The molecule has 1 aromatic carbocycles. The van der Waals surface area contributed by atoms with Crippen LogP contribution in [0, 0.1) is 9.65 Å². The second-order valence-corrected chi connectivity index (χ2v) is 6.56. The SMILES string of the molecule is Fc1ccc(Nc2ncnc3c2nc(I)n3C2CCCCO2)cc1. The lowest BCUT2D eigenvalue weighted by Crippen LogP contribution is -2.19. The highest BCUT2D eigenvalue weighted by Crippen LogP contribution is 2.31. The van der Waals surface area contributed by atoms with Gasteiger partial charge in [0.15, 0.2) is 20.8 Å². The van der Waals surface area contributed by atoms with Crippen molar-refractivity contribution in [3.8, 4) is 0 Å². The maximum atomic E-state index is 13.1. The molecular weight excluding hydrogens is 424 g/mol. The summed E-state index contributed by atoms with van der Waals surface area (Å²) in [6.45, 7) is 0.756. The number of ether oxygens (including phenoxy) is 1. The van der Waals surface area contributed by atoms with Crippen LogP contribution in [0.5, 0.6) is 0 Å². The highest BCUT2D eigenvalue weighted by molar-refractivity contribution is 14.1. The van der Waals surface area contributed by atoms with E-state index in [0.29, 0.717) is 11.3 Å². The Balaban J connectivity index is 1.73. The van der Waals surface area contributed by atoms with Crippen molar-refractivity contribution in [2.45, 2.75) is 25.5 Å². The molecule has 8 heteroatoms. The first-order valence-corrected chi connectivity index (χ1v) is 8.83. The number of fused-ring (bicyclic) bond motifs is 1. The topological polar surface area (TPSA) is 64.9 Å². The summed E-state index contributed by atoms with van der Waals surface area (Å²) in [5, 5.41) is 3.18. The van der Waals surface area contributed by atoms with Gasteiger partial charge in [-0.3, -0.25) is 4.57 Å². The van der Waals surface area contributed by atoms with Crippen molar-refractivity contribution in [3.63, 3.8) is 0 Å². The smallest absolute Gasteiger partial charge is 0.175 e. The second-order valence-electron chi connectivity index (χ2n) is 5.60. The number of hydrogen-bond donors (Lipinski definition) is 1. The Labute approximate surface area is 151 Å². The molecule has 1 saturated heterocycles. The Morgan fingerprint density at radius 1 is 1.21 bits per heavy atom. The van der Waals surface area contributed by atoms with Crippen molar-refractivity contribution in [1.29, 1.82) is 0 Å². The summed E-state index contributed by atoms with van der Waals surface area (Å²) in [6.07, 6.45) is 4.64. The summed E-state index contributed by atoms with van der Waals surface area (Å²) in [4.78, 5) is 13.3. The molecule has 4 rings (SSSR count). The van der Waals surface area contributed by atoms with E-state index in [0.717, 1.165) is 41.0 Å². The molecule has 0 bridgehead atoms. The molecule has 3 aromatic rings. The van der Waals surface area contributed by atoms with Crippen LogP contribution in [0.15, 0.2) is 30.6 Å². The van der Waals surface area contributed by atoms with Crippen LogP contribution in [0.3, 0.4) is 0 Å². The molecule has 1 atom stereocenters. The summed E-state index contributed by atoms with van der Waals surface area (Å²) in [5.41, 5.74) is 2.17. The minimum absolute atomic E-state index is 0.0378. The van der Waals surface area contributed by atoms with E-state index in [-0.39, 0.29) is 12.0 Å². The average Bonchev–Trinajstić information content (AvgIpc) is 2.95. The molecule has 6 nitrogen and oxygen atoms in total. The molecule has 0 spiro atoms. The van der Waals surface area contributed by atoms with Gasteiger partial charge in [0.1, 0.15) is 18.4 Å². The second kappa shape index (κ2) is 6.60. The first kappa shape index (κ1) is 15.7. The molecule has 0 saturated carbocycles. The highest BCUT2D eigenvalue weighted by Gasteiger charge is 2.23. The molecule has 24 heavy (non-hydrogen) atoms. The maximum absolute atomic E-state index is 13.1. The molecule has 0 aliphatic carbocycles. The third-order valence-corrected chi connectivity index (χ3v) is 4.75. The molecule has 1 unspecified atom stereocenters. The molecule has 124 valence electrons. The lowest BCUT2D eigenvalue weighted by Gasteiger charge is -2.24. The van der Waals surface area contributed by atoms with Crippen molar-refractivity contribution in [1.82, 2.24) is 19.5 Å². The van der Waals surface area contributed by atoms with Crippen LogP contribution in [0.4, 0.5) is 15.9 Å². The Bertz CT molecular complexity index is 861. The van der Waals surface area contributed by atoms with E-state index in [2.05, 4.69) is 42.9 Å². The van der Waals surface area contributed by atoms with Gasteiger partial charge in [-0.15, -0.1) is 0 Å². The zero-order valence-electron chi connectivity index (χ0n) is 12.7. The fourth-order valence-corrected chi connectivity index (χ4v) is 3.61. The van der Waals surface area contributed by atoms with E-state index in [1.807, 2.05) is 4.57 Å². The van der Waals surface area contributed by atoms with Gasteiger partial charge >= 0.3 is 0 Å². The van der Waals surface area contributed by atoms with Gasteiger partial charge in [0.05, 0.1) is 0 Å². The standard InChI is InChI=1S/C16H15FIN5O/c17-10-4-6-11(7-5-10)21-14-13-15(20-9-19-14)23(16(18)22-13)12-3-1-2-8-24-12/h4-7,9,12H,1-3,8H2,(H,19,20,21). The lowest BCUT2D eigenvalue weighted by molar-refractivity contribution is -0.0313. The predicted molar refractivity (Wildman–Crippen MR) is 96.6 cm³/mol. The van der Waals surface area contributed by atoms with Crippen molar-refractivity contribution < 1.29 is 9.13 Å². The zero-order valence-corrected chi connectivity index (χ0v) is 14.9. The number of hydrogen-bond acceptors (Lipinski definition) is 5. The van der Waals surface area contributed by atoms with Gasteiger partial charge in [-0.1, -0.05) is 0 Å². The Kier molecular flexibility index (Phi) is 4.31. The number of anilines is 2. The fraction of sp³-hybridized carbons (Fsp3) is 0.312. The molecule has 1 fully saturated rings. The minimum Gasteiger partial charge on any atom is -0.358 e. The zero-order chi connectivity index (χ0) is 16.5. The molecule has 1 N–H and O–H groups in total. The van der Waals surface area contributed by atoms with Gasteiger partial charge in [-0.2, -0.15) is 0 Å². The normalized spacial score (nSPS) is 18.0. The van der Waals surface area contributed by atoms with Crippen LogP contribution in [0.2, 0.25) is 0 Å². The van der Waals surface area contributed by atoms with Crippen molar-refractivity contribution in [2.75, 3.05) is 11.9 Å². The van der Waals surface area contributed by atoms with Crippen LogP contribution >= 0.6 is 22.6 Å². The third-order valence-electron chi connectivity index (χ3n) is 3.98. The summed E-state index contributed by atoms with van der Waals surface area (Å²) in [6, 6.07) is 6.13.